The first-order valence-electron chi connectivity index (χ1n) is 13.4. The first-order chi connectivity index (χ1) is 19.5. The van der Waals surface area contributed by atoms with Crippen LogP contribution in [-0.4, -0.2) is 32.7 Å². The molecule has 5 rings (SSSR count). The van der Waals surface area contributed by atoms with E-state index in [1.807, 2.05) is 75.7 Å². The van der Waals surface area contributed by atoms with E-state index in [1.165, 1.54) is 17.0 Å². The van der Waals surface area contributed by atoms with Crippen LogP contribution in [0.25, 0.3) is 0 Å². The third-order valence-electron chi connectivity index (χ3n) is 7.47. The van der Waals surface area contributed by atoms with Crippen LogP contribution in [0.3, 0.4) is 0 Å². The van der Waals surface area contributed by atoms with Crippen LogP contribution in [-0.2, 0) is 16.1 Å². The third-order valence-corrected chi connectivity index (χ3v) is 7.77. The van der Waals surface area contributed by atoms with Crippen molar-refractivity contribution in [1.82, 2.24) is 9.78 Å². The van der Waals surface area contributed by atoms with Gasteiger partial charge in [0, 0.05) is 5.69 Å². The molecule has 2 heterocycles. The maximum atomic E-state index is 14.0. The number of aryl methyl sites for hydroxylation is 4. The van der Waals surface area contributed by atoms with E-state index < -0.39 is 6.04 Å². The van der Waals surface area contributed by atoms with E-state index in [1.54, 1.807) is 23.1 Å². The van der Waals surface area contributed by atoms with E-state index in [4.69, 9.17) is 17.3 Å². The first-order valence-corrected chi connectivity index (χ1v) is 13.8. The second-order valence-electron chi connectivity index (χ2n) is 10.5. The summed E-state index contributed by atoms with van der Waals surface area (Å²) in [7, 11) is 0. The van der Waals surface area contributed by atoms with Crippen LogP contribution in [0.15, 0.2) is 66.7 Å². The summed E-state index contributed by atoms with van der Waals surface area (Å²) in [5, 5.41) is 8.40. The molecule has 1 unspecified atom stereocenters. The predicted molar refractivity (Wildman–Crippen MR) is 164 cm³/mol. The summed E-state index contributed by atoms with van der Waals surface area (Å²) < 4.78 is 15.3. The number of carbonyl (C=O) groups is 2. The van der Waals surface area contributed by atoms with E-state index in [-0.39, 0.29) is 24.1 Å². The van der Waals surface area contributed by atoms with Crippen LogP contribution in [0.4, 0.5) is 21.5 Å². The van der Waals surface area contributed by atoms with Crippen molar-refractivity contribution < 1.29 is 14.0 Å². The van der Waals surface area contributed by atoms with Crippen LogP contribution >= 0.6 is 12.2 Å². The number of halogens is 1. The zero-order valence-electron chi connectivity index (χ0n) is 23.7. The number of aromatic nitrogens is 2. The molecular weight excluding hydrogens is 537 g/mol. The van der Waals surface area contributed by atoms with Gasteiger partial charge in [-0.3, -0.25) is 14.3 Å². The number of amides is 2. The van der Waals surface area contributed by atoms with Gasteiger partial charge in [0.15, 0.2) is 5.11 Å². The van der Waals surface area contributed by atoms with Gasteiger partial charge in [0.2, 0.25) is 5.91 Å². The Morgan fingerprint density at radius 2 is 1.71 bits per heavy atom. The Kier molecular flexibility index (Phi) is 7.73. The highest BCUT2D eigenvalue weighted by atomic mass is 32.1. The van der Waals surface area contributed by atoms with Crippen molar-refractivity contribution in [3.63, 3.8) is 0 Å². The molecule has 7 nitrogen and oxygen atoms in total. The second kappa shape index (κ2) is 11.2. The minimum absolute atomic E-state index is 0.0379. The maximum absolute atomic E-state index is 14.0. The van der Waals surface area contributed by atoms with E-state index in [9.17, 15) is 14.0 Å². The maximum Gasteiger partial charge on any atom is 0.257 e. The lowest BCUT2D eigenvalue weighted by Crippen LogP contribution is -2.48. The Labute approximate surface area is 244 Å². The summed E-state index contributed by atoms with van der Waals surface area (Å²) in [5.74, 6) is -0.943. The Hall–Kier alpha value is -4.37. The van der Waals surface area contributed by atoms with Gasteiger partial charge in [-0.05, 0) is 93.4 Å². The fraction of sp³-hybridized carbons (Fsp3) is 0.250. The largest absolute Gasteiger partial charge is 0.332 e. The summed E-state index contributed by atoms with van der Waals surface area (Å²) >= 11 is 5.98. The average molecular weight is 570 g/mol. The molecule has 210 valence electrons. The average Bonchev–Trinajstić information content (AvgIpc) is 3.37. The highest BCUT2D eigenvalue weighted by molar-refractivity contribution is 7.80. The molecule has 1 fully saturated rings. The molecule has 0 spiro atoms. The molecule has 4 aromatic rings. The number of benzene rings is 3. The number of carbonyl (C=O) groups excluding carboxylic acids is 2. The van der Waals surface area contributed by atoms with E-state index in [0.29, 0.717) is 28.7 Å². The van der Waals surface area contributed by atoms with Crippen LogP contribution in [0.2, 0.25) is 0 Å². The highest BCUT2D eigenvalue weighted by Crippen LogP contribution is 2.34. The molecule has 1 atom stereocenters. The summed E-state index contributed by atoms with van der Waals surface area (Å²) in [6, 6.07) is 18.8. The molecule has 9 heteroatoms. The smallest absolute Gasteiger partial charge is 0.257 e. The molecule has 2 amide bonds. The lowest BCUT2D eigenvalue weighted by atomic mass is 10.1. The number of imide groups is 1. The van der Waals surface area contributed by atoms with Crippen molar-refractivity contribution in [1.29, 1.82) is 0 Å². The molecule has 1 saturated heterocycles. The Balaban J connectivity index is 1.57. The van der Waals surface area contributed by atoms with Crippen molar-refractivity contribution in [2.75, 3.05) is 15.1 Å². The molecular formula is C32H32FN5O2S. The Bertz CT molecular complexity index is 1660. The highest BCUT2D eigenvalue weighted by Gasteiger charge is 2.46. The van der Waals surface area contributed by atoms with Gasteiger partial charge in [0.1, 0.15) is 11.9 Å². The van der Waals surface area contributed by atoms with Gasteiger partial charge in [-0.1, -0.05) is 42.5 Å². The zero-order valence-corrected chi connectivity index (χ0v) is 24.6. The molecule has 0 aliphatic carbocycles. The summed E-state index contributed by atoms with van der Waals surface area (Å²) in [6.07, 6.45) is -0.0379. The minimum Gasteiger partial charge on any atom is -0.332 e. The minimum atomic E-state index is -0.868. The summed E-state index contributed by atoms with van der Waals surface area (Å²) in [6.45, 7) is 10.0. The lowest BCUT2D eigenvalue weighted by Gasteiger charge is -2.31. The van der Waals surface area contributed by atoms with Gasteiger partial charge < -0.3 is 10.2 Å². The lowest BCUT2D eigenvalue weighted by molar-refractivity contribution is -0.121. The number of hydrogen-bond acceptors (Lipinski definition) is 4. The number of nitrogens with zero attached hydrogens (tertiary/aromatic N) is 4. The molecule has 3 aromatic carbocycles. The molecule has 0 saturated carbocycles. The van der Waals surface area contributed by atoms with Crippen LogP contribution in [0, 0.1) is 40.4 Å². The molecule has 1 aliphatic rings. The van der Waals surface area contributed by atoms with Gasteiger partial charge in [0.25, 0.3) is 5.91 Å². The van der Waals surface area contributed by atoms with Crippen LogP contribution in [0.1, 0.15) is 40.1 Å². The topological polar surface area (TPSA) is 70.5 Å². The fourth-order valence-corrected chi connectivity index (χ4v) is 5.61. The number of thiocarbonyl (C=S) groups is 1. The molecule has 1 N–H and O–H groups in total. The molecule has 1 aliphatic heterocycles. The third kappa shape index (κ3) is 5.50. The van der Waals surface area contributed by atoms with E-state index in [2.05, 4.69) is 5.32 Å². The second-order valence-corrected chi connectivity index (χ2v) is 10.9. The Morgan fingerprint density at radius 1 is 1.00 bits per heavy atom. The predicted octanol–water partition coefficient (Wildman–Crippen LogP) is 6.15. The Morgan fingerprint density at radius 3 is 2.41 bits per heavy atom. The van der Waals surface area contributed by atoms with Crippen LogP contribution < -0.4 is 15.1 Å². The van der Waals surface area contributed by atoms with Crippen molar-refractivity contribution in [2.45, 2.75) is 53.6 Å². The van der Waals surface area contributed by atoms with Crippen molar-refractivity contribution in [2.24, 2.45) is 0 Å². The van der Waals surface area contributed by atoms with Gasteiger partial charge in [0.05, 0.1) is 35.7 Å². The number of hydrogen-bond donors (Lipinski definition) is 1. The summed E-state index contributed by atoms with van der Waals surface area (Å²) in [4.78, 5) is 30.4. The fourth-order valence-electron chi connectivity index (χ4n) is 5.28. The number of rotatable bonds is 6. The molecule has 1 aromatic heterocycles. The normalized spacial score (nSPS) is 15.0. The van der Waals surface area contributed by atoms with E-state index >= 15 is 0 Å². The van der Waals surface area contributed by atoms with Crippen LogP contribution in [0.5, 0.6) is 0 Å². The number of anilines is 3. The van der Waals surface area contributed by atoms with Crippen molar-refractivity contribution in [3.8, 4) is 0 Å². The quantitative estimate of drug-likeness (QED) is 0.222. The first kappa shape index (κ1) is 28.2. The van der Waals surface area contributed by atoms with Crippen molar-refractivity contribution >= 4 is 46.2 Å². The van der Waals surface area contributed by atoms with Crippen molar-refractivity contribution in [3.05, 3.63) is 106 Å². The summed E-state index contributed by atoms with van der Waals surface area (Å²) in [5.41, 5.74) is 7.24. The molecule has 0 radical (unpaired) electrons. The SMILES string of the molecule is Cc1ccc(C)c(NC(=S)N(c2c(C)nn(Cc3ccc(F)cc3)c2C)C2CC(=O)N(c3ccccc3C)C2=O)c1. The number of nitrogens with one attached hydrogen (secondary N) is 1. The molecule has 41 heavy (non-hydrogen) atoms. The standard InChI is InChI=1S/C32H32FN5O2S/c1-19-10-11-20(2)26(16-19)34-32(41)38(28-17-29(39)37(31(28)40)27-9-7-6-8-21(27)3)30-22(4)35-36(23(30)5)18-24-12-14-25(33)15-13-24/h6-16,28H,17-18H2,1-5H3,(H,34,41). The number of para-hydroxylation sites is 1. The zero-order chi connectivity index (χ0) is 29.4. The van der Waals surface area contributed by atoms with Gasteiger partial charge in [-0.2, -0.15) is 5.10 Å². The van der Waals surface area contributed by atoms with Gasteiger partial charge >= 0.3 is 0 Å². The monoisotopic (exact) mass is 569 g/mol. The van der Waals surface area contributed by atoms with E-state index in [0.717, 1.165) is 33.6 Å². The molecule has 0 bridgehead atoms. The van der Waals surface area contributed by atoms with Gasteiger partial charge in [-0.15, -0.1) is 0 Å². The van der Waals surface area contributed by atoms with Gasteiger partial charge in [-0.25, -0.2) is 9.29 Å².